The Balaban J connectivity index is 2.08. The van der Waals surface area contributed by atoms with Crippen LogP contribution in [0, 0.1) is 0 Å². The molecular formula is C11H13N5O. The van der Waals surface area contributed by atoms with Gasteiger partial charge < -0.3 is 0 Å². The number of aromatic nitrogens is 4. The van der Waals surface area contributed by atoms with Gasteiger partial charge in [-0.15, -0.1) is 5.10 Å². The van der Waals surface area contributed by atoms with E-state index in [9.17, 15) is 4.79 Å². The molecule has 0 atom stereocenters. The van der Waals surface area contributed by atoms with Crippen molar-refractivity contribution in [2.75, 3.05) is 5.32 Å². The van der Waals surface area contributed by atoms with Crippen molar-refractivity contribution in [2.24, 2.45) is 0 Å². The van der Waals surface area contributed by atoms with Gasteiger partial charge in [0.2, 0.25) is 5.95 Å². The lowest BCUT2D eigenvalue weighted by Crippen LogP contribution is -2.13. The first kappa shape index (κ1) is 11.3. The normalized spacial score (nSPS) is 10.5. The number of anilines is 1. The number of rotatable bonds is 3. The maximum Gasteiger partial charge on any atom is 0.259 e. The topological polar surface area (TPSA) is 83.6 Å². The summed E-state index contributed by atoms with van der Waals surface area (Å²) < 4.78 is 0. The van der Waals surface area contributed by atoms with Crippen molar-refractivity contribution in [2.45, 2.75) is 19.8 Å². The van der Waals surface area contributed by atoms with Crippen LogP contribution in [0.15, 0.2) is 24.5 Å². The molecule has 0 radical (unpaired) electrons. The number of carbonyl (C=O) groups is 1. The van der Waals surface area contributed by atoms with E-state index in [0.29, 0.717) is 5.56 Å². The predicted molar refractivity (Wildman–Crippen MR) is 62.7 cm³/mol. The van der Waals surface area contributed by atoms with E-state index in [4.69, 9.17) is 0 Å². The maximum absolute atomic E-state index is 11.7. The largest absolute Gasteiger partial charge is 0.289 e. The Hall–Kier alpha value is -2.24. The molecule has 2 aromatic heterocycles. The highest BCUT2D eigenvalue weighted by Gasteiger charge is 2.10. The first-order valence-electron chi connectivity index (χ1n) is 5.30. The van der Waals surface area contributed by atoms with Crippen molar-refractivity contribution in [1.29, 1.82) is 0 Å². The Morgan fingerprint density at radius 1 is 1.47 bits per heavy atom. The van der Waals surface area contributed by atoms with Crippen LogP contribution in [0.2, 0.25) is 0 Å². The van der Waals surface area contributed by atoms with Crippen molar-refractivity contribution < 1.29 is 4.79 Å². The molecule has 2 N–H and O–H groups in total. The lowest BCUT2D eigenvalue weighted by Gasteiger charge is -1.99. The molecule has 0 fully saturated rings. The molecule has 0 spiro atoms. The van der Waals surface area contributed by atoms with Crippen LogP contribution in [-0.4, -0.2) is 26.1 Å². The van der Waals surface area contributed by atoms with E-state index in [-0.39, 0.29) is 17.8 Å². The maximum atomic E-state index is 11.7. The van der Waals surface area contributed by atoms with Gasteiger partial charge in [0.05, 0.1) is 5.56 Å². The molecule has 2 heterocycles. The van der Waals surface area contributed by atoms with Crippen LogP contribution >= 0.6 is 0 Å². The predicted octanol–water partition coefficient (Wildman–Crippen LogP) is 1.58. The van der Waals surface area contributed by atoms with Gasteiger partial charge in [0.15, 0.2) is 0 Å². The molecule has 0 bridgehead atoms. The summed E-state index contributed by atoms with van der Waals surface area (Å²) in [4.78, 5) is 19.8. The standard InChI is InChI=1S/C11H13N5O/c1-7(2)9-13-11(16-15-9)14-10(17)8-4-3-5-12-6-8/h3-7H,1-2H3,(H2,13,14,15,16,17). The highest BCUT2D eigenvalue weighted by atomic mass is 16.1. The van der Waals surface area contributed by atoms with Gasteiger partial charge in [-0.2, -0.15) is 4.98 Å². The molecule has 1 amide bonds. The zero-order valence-electron chi connectivity index (χ0n) is 9.64. The van der Waals surface area contributed by atoms with Crippen molar-refractivity contribution in [3.8, 4) is 0 Å². The molecule has 0 saturated carbocycles. The SMILES string of the molecule is CC(C)c1nc(NC(=O)c2cccnc2)n[nH]1. The molecule has 2 aromatic rings. The fourth-order valence-corrected chi connectivity index (χ4v) is 1.26. The lowest BCUT2D eigenvalue weighted by molar-refractivity contribution is 0.102. The Labute approximate surface area is 98.5 Å². The zero-order chi connectivity index (χ0) is 12.3. The molecule has 0 aliphatic heterocycles. The Morgan fingerprint density at radius 3 is 2.88 bits per heavy atom. The lowest BCUT2D eigenvalue weighted by atomic mass is 10.2. The van der Waals surface area contributed by atoms with Crippen molar-refractivity contribution in [3.63, 3.8) is 0 Å². The quantitative estimate of drug-likeness (QED) is 0.839. The average molecular weight is 231 g/mol. The molecular weight excluding hydrogens is 218 g/mol. The van der Waals surface area contributed by atoms with Gasteiger partial charge in [-0.3, -0.25) is 20.2 Å². The van der Waals surface area contributed by atoms with E-state index in [1.807, 2.05) is 13.8 Å². The van der Waals surface area contributed by atoms with Crippen LogP contribution in [0.1, 0.15) is 35.9 Å². The number of H-pyrrole nitrogens is 1. The van der Waals surface area contributed by atoms with E-state index in [1.165, 1.54) is 6.20 Å². The van der Waals surface area contributed by atoms with Gasteiger partial charge in [0, 0.05) is 18.3 Å². The Kier molecular flexibility index (Phi) is 3.13. The summed E-state index contributed by atoms with van der Waals surface area (Å²) in [7, 11) is 0. The summed E-state index contributed by atoms with van der Waals surface area (Å²) in [5, 5.41) is 9.29. The monoisotopic (exact) mass is 231 g/mol. The van der Waals surface area contributed by atoms with Gasteiger partial charge >= 0.3 is 0 Å². The molecule has 88 valence electrons. The highest BCUT2D eigenvalue weighted by Crippen LogP contribution is 2.10. The van der Waals surface area contributed by atoms with Crippen LogP contribution < -0.4 is 5.32 Å². The first-order chi connectivity index (χ1) is 8.16. The molecule has 0 aromatic carbocycles. The van der Waals surface area contributed by atoms with Gasteiger partial charge in [0.25, 0.3) is 5.91 Å². The van der Waals surface area contributed by atoms with E-state index < -0.39 is 0 Å². The number of nitrogens with one attached hydrogen (secondary N) is 2. The summed E-state index contributed by atoms with van der Waals surface area (Å²) in [5.41, 5.74) is 0.475. The second-order valence-electron chi connectivity index (χ2n) is 3.89. The van der Waals surface area contributed by atoms with Crippen LogP contribution in [0.5, 0.6) is 0 Å². The molecule has 0 aliphatic carbocycles. The van der Waals surface area contributed by atoms with E-state index in [2.05, 4.69) is 25.5 Å². The Bertz CT molecular complexity index is 506. The molecule has 2 rings (SSSR count). The van der Waals surface area contributed by atoms with E-state index >= 15 is 0 Å². The van der Waals surface area contributed by atoms with Crippen LogP contribution in [0.4, 0.5) is 5.95 Å². The van der Waals surface area contributed by atoms with Gasteiger partial charge in [-0.05, 0) is 12.1 Å². The molecule has 6 nitrogen and oxygen atoms in total. The Morgan fingerprint density at radius 2 is 2.29 bits per heavy atom. The first-order valence-corrected chi connectivity index (χ1v) is 5.30. The fourth-order valence-electron chi connectivity index (χ4n) is 1.26. The molecule has 6 heteroatoms. The molecule has 0 aliphatic rings. The number of nitrogens with zero attached hydrogens (tertiary/aromatic N) is 3. The minimum Gasteiger partial charge on any atom is -0.289 e. The highest BCUT2D eigenvalue weighted by molar-refractivity contribution is 6.02. The third-order valence-corrected chi connectivity index (χ3v) is 2.20. The van der Waals surface area contributed by atoms with E-state index in [0.717, 1.165) is 5.82 Å². The van der Waals surface area contributed by atoms with Crippen molar-refractivity contribution in [1.82, 2.24) is 20.2 Å². The number of pyridine rings is 1. The van der Waals surface area contributed by atoms with E-state index in [1.54, 1.807) is 18.3 Å². The fraction of sp³-hybridized carbons (Fsp3) is 0.273. The average Bonchev–Trinajstić information content (AvgIpc) is 2.79. The molecule has 0 saturated heterocycles. The van der Waals surface area contributed by atoms with Crippen LogP contribution in [0.25, 0.3) is 0 Å². The number of hydrogen-bond donors (Lipinski definition) is 2. The minimum atomic E-state index is -0.271. The van der Waals surface area contributed by atoms with Crippen LogP contribution in [0.3, 0.4) is 0 Å². The van der Waals surface area contributed by atoms with Gasteiger partial charge in [0.1, 0.15) is 5.82 Å². The second-order valence-corrected chi connectivity index (χ2v) is 3.89. The summed E-state index contributed by atoms with van der Waals surface area (Å²) in [6.07, 6.45) is 3.10. The van der Waals surface area contributed by atoms with Gasteiger partial charge in [-0.25, -0.2) is 0 Å². The van der Waals surface area contributed by atoms with Crippen LogP contribution in [-0.2, 0) is 0 Å². The number of amides is 1. The van der Waals surface area contributed by atoms with Crippen molar-refractivity contribution in [3.05, 3.63) is 35.9 Å². The number of aromatic amines is 1. The number of carbonyl (C=O) groups excluding carboxylic acids is 1. The smallest absolute Gasteiger partial charge is 0.259 e. The summed E-state index contributed by atoms with van der Waals surface area (Å²) in [6, 6.07) is 3.38. The summed E-state index contributed by atoms with van der Waals surface area (Å²) >= 11 is 0. The summed E-state index contributed by atoms with van der Waals surface area (Å²) in [6.45, 7) is 3.99. The molecule has 0 unspecified atom stereocenters. The van der Waals surface area contributed by atoms with Crippen molar-refractivity contribution >= 4 is 11.9 Å². The summed E-state index contributed by atoms with van der Waals surface area (Å²) in [5.74, 6) is 0.994. The van der Waals surface area contributed by atoms with Gasteiger partial charge in [-0.1, -0.05) is 13.8 Å². The molecule has 17 heavy (non-hydrogen) atoms. The third kappa shape index (κ3) is 2.66. The number of hydrogen-bond acceptors (Lipinski definition) is 4. The second kappa shape index (κ2) is 4.73. The third-order valence-electron chi connectivity index (χ3n) is 2.20. The minimum absolute atomic E-state index is 0.242. The zero-order valence-corrected chi connectivity index (χ0v) is 9.64.